The fraction of sp³-hybridized carbons (Fsp3) is 0.250. The van der Waals surface area contributed by atoms with Gasteiger partial charge in [0, 0.05) is 47.6 Å². The molecule has 0 aromatic heterocycles. The first-order chi connectivity index (χ1) is 18.3. The van der Waals surface area contributed by atoms with Crippen molar-refractivity contribution < 1.29 is 19.5 Å². The number of para-hydroxylation sites is 1. The zero-order valence-corrected chi connectivity index (χ0v) is 21.9. The lowest BCUT2D eigenvalue weighted by Crippen LogP contribution is -2.51. The van der Waals surface area contributed by atoms with Crippen LogP contribution in [0.3, 0.4) is 0 Å². The highest BCUT2D eigenvalue weighted by atomic mass is 35.5. The lowest BCUT2D eigenvalue weighted by molar-refractivity contribution is -0.130. The Balaban J connectivity index is 1.47. The van der Waals surface area contributed by atoms with Crippen LogP contribution in [-0.2, 0) is 21.4 Å². The van der Waals surface area contributed by atoms with E-state index in [2.05, 4.69) is 10.6 Å². The van der Waals surface area contributed by atoms with E-state index in [1.54, 1.807) is 23.1 Å². The number of hydrogen-bond donors (Lipinski definition) is 3. The lowest BCUT2D eigenvalue weighted by atomic mass is 9.70. The van der Waals surface area contributed by atoms with E-state index in [9.17, 15) is 14.4 Å². The van der Waals surface area contributed by atoms with Gasteiger partial charge in [0.05, 0.1) is 6.54 Å². The molecule has 8 nitrogen and oxygen atoms in total. The van der Waals surface area contributed by atoms with Crippen molar-refractivity contribution in [2.45, 2.75) is 11.8 Å². The summed E-state index contributed by atoms with van der Waals surface area (Å²) in [6.45, 7) is 1.24. The summed E-state index contributed by atoms with van der Waals surface area (Å²) in [5, 5.41) is 16.5. The van der Waals surface area contributed by atoms with E-state index in [4.69, 9.17) is 28.3 Å². The van der Waals surface area contributed by atoms with Gasteiger partial charge in [0.1, 0.15) is 5.41 Å². The maximum Gasteiger partial charge on any atom is 0.407 e. The molecule has 38 heavy (non-hydrogen) atoms. The Hall–Kier alpha value is -3.75. The fourth-order valence-corrected chi connectivity index (χ4v) is 5.66. The van der Waals surface area contributed by atoms with Crippen LogP contribution in [-0.4, -0.2) is 65.5 Å². The Morgan fingerprint density at radius 1 is 0.895 bits per heavy atom. The van der Waals surface area contributed by atoms with Gasteiger partial charge in [-0.3, -0.25) is 9.59 Å². The number of anilines is 2. The van der Waals surface area contributed by atoms with Gasteiger partial charge >= 0.3 is 6.09 Å². The van der Waals surface area contributed by atoms with Crippen molar-refractivity contribution in [2.75, 3.05) is 43.4 Å². The second-order valence-electron chi connectivity index (χ2n) is 9.41. The molecule has 1 saturated heterocycles. The van der Waals surface area contributed by atoms with Gasteiger partial charge in [-0.05, 0) is 53.4 Å². The van der Waals surface area contributed by atoms with E-state index in [0.29, 0.717) is 40.9 Å². The first kappa shape index (κ1) is 25.9. The van der Waals surface area contributed by atoms with Crippen molar-refractivity contribution in [3.8, 4) is 0 Å². The molecule has 10 heteroatoms. The summed E-state index contributed by atoms with van der Waals surface area (Å²) >= 11 is 12.5. The number of nitrogens with zero attached hydrogens (tertiary/aromatic N) is 2. The molecular formula is C28H26Cl2N4O4. The van der Waals surface area contributed by atoms with E-state index in [1.807, 2.05) is 48.5 Å². The minimum Gasteiger partial charge on any atom is -0.465 e. The topological polar surface area (TPSA) is 102 Å². The third-order valence-electron chi connectivity index (χ3n) is 7.16. The van der Waals surface area contributed by atoms with Crippen LogP contribution in [0.5, 0.6) is 0 Å². The summed E-state index contributed by atoms with van der Waals surface area (Å²) in [5.74, 6) is -0.336. The molecule has 2 aliphatic heterocycles. The summed E-state index contributed by atoms with van der Waals surface area (Å²) in [4.78, 5) is 40.9. The Bertz CT molecular complexity index is 1410. The molecule has 0 radical (unpaired) electrons. The highest BCUT2D eigenvalue weighted by molar-refractivity contribution is 6.31. The molecule has 2 heterocycles. The van der Waals surface area contributed by atoms with Gasteiger partial charge < -0.3 is 25.5 Å². The van der Waals surface area contributed by atoms with Crippen molar-refractivity contribution in [1.29, 1.82) is 0 Å². The number of carbonyl (C=O) groups is 3. The van der Waals surface area contributed by atoms with Crippen molar-refractivity contribution in [3.05, 3.63) is 93.5 Å². The number of benzene rings is 3. The maximum absolute atomic E-state index is 13.8. The van der Waals surface area contributed by atoms with Crippen LogP contribution < -0.4 is 10.6 Å². The second-order valence-corrected chi connectivity index (χ2v) is 10.3. The fourth-order valence-electron chi connectivity index (χ4n) is 5.27. The van der Waals surface area contributed by atoms with Crippen molar-refractivity contribution in [2.24, 2.45) is 0 Å². The van der Waals surface area contributed by atoms with Crippen LogP contribution in [0.15, 0.2) is 66.7 Å². The van der Waals surface area contributed by atoms with Gasteiger partial charge in [0.25, 0.3) is 0 Å². The van der Waals surface area contributed by atoms with Crippen molar-refractivity contribution >= 4 is 52.5 Å². The summed E-state index contributed by atoms with van der Waals surface area (Å²) in [5.41, 5.74) is 2.61. The minimum absolute atomic E-state index is 0.00637. The number of piperazine rings is 1. The summed E-state index contributed by atoms with van der Waals surface area (Å²) in [7, 11) is 0. The maximum atomic E-state index is 13.8. The molecule has 5 rings (SSSR count). The number of halogens is 2. The molecule has 3 aromatic carbocycles. The number of amides is 3. The SMILES string of the molecule is O=C(O)N1CCN(C(=O)CNc2ccccc2C2(Cc3cccc(Cl)c3)C(=O)Nc3cc(Cl)ccc32)CC1. The highest BCUT2D eigenvalue weighted by Crippen LogP contribution is 2.48. The van der Waals surface area contributed by atoms with Gasteiger partial charge in [0.2, 0.25) is 11.8 Å². The molecule has 0 spiro atoms. The molecule has 0 bridgehead atoms. The Morgan fingerprint density at radius 3 is 2.34 bits per heavy atom. The highest BCUT2D eigenvalue weighted by Gasteiger charge is 2.49. The van der Waals surface area contributed by atoms with E-state index >= 15 is 0 Å². The van der Waals surface area contributed by atoms with Gasteiger partial charge in [-0.2, -0.15) is 0 Å². The molecule has 1 atom stereocenters. The largest absolute Gasteiger partial charge is 0.465 e. The van der Waals surface area contributed by atoms with Crippen LogP contribution in [0.2, 0.25) is 10.0 Å². The van der Waals surface area contributed by atoms with Crippen molar-refractivity contribution in [3.63, 3.8) is 0 Å². The smallest absolute Gasteiger partial charge is 0.407 e. The minimum atomic E-state index is -1.09. The molecule has 0 saturated carbocycles. The first-order valence-corrected chi connectivity index (χ1v) is 13.0. The van der Waals surface area contributed by atoms with E-state index < -0.39 is 11.5 Å². The average molecular weight is 553 g/mol. The summed E-state index contributed by atoms with van der Waals surface area (Å²) in [6.07, 6.45) is -0.636. The zero-order chi connectivity index (χ0) is 26.9. The molecule has 3 N–H and O–H groups in total. The summed E-state index contributed by atoms with van der Waals surface area (Å²) < 4.78 is 0. The van der Waals surface area contributed by atoms with Crippen molar-refractivity contribution in [1.82, 2.24) is 9.80 Å². The van der Waals surface area contributed by atoms with Gasteiger partial charge in [-0.1, -0.05) is 59.6 Å². The number of carbonyl (C=O) groups excluding carboxylic acids is 2. The summed E-state index contributed by atoms with van der Waals surface area (Å²) in [6, 6.07) is 20.3. The number of rotatable bonds is 6. The van der Waals surface area contributed by atoms with E-state index in [1.165, 1.54) is 4.90 Å². The van der Waals surface area contributed by atoms with E-state index in [-0.39, 0.29) is 31.4 Å². The van der Waals surface area contributed by atoms with Gasteiger partial charge in [0.15, 0.2) is 0 Å². The standard InChI is InChI=1S/C28H26Cl2N4O4/c29-19-5-3-4-18(14-19)16-28(22-9-8-20(30)15-24(22)32-26(28)36)21-6-1-2-7-23(21)31-17-25(35)33-10-12-34(13-11-33)27(37)38/h1-9,14-15,31H,10-13,16-17H2,(H,32,36)(H,37,38). The molecule has 3 amide bonds. The Labute approximate surface area is 230 Å². The van der Waals surface area contributed by atoms with Crippen LogP contribution in [0.4, 0.5) is 16.2 Å². The average Bonchev–Trinajstić information content (AvgIpc) is 3.18. The van der Waals surface area contributed by atoms with Crippen LogP contribution in [0, 0.1) is 0 Å². The van der Waals surface area contributed by atoms with Crippen LogP contribution >= 0.6 is 23.2 Å². The van der Waals surface area contributed by atoms with Gasteiger partial charge in [-0.25, -0.2) is 4.79 Å². The molecule has 0 aliphatic carbocycles. The van der Waals surface area contributed by atoms with Crippen LogP contribution in [0.25, 0.3) is 0 Å². The van der Waals surface area contributed by atoms with Gasteiger partial charge in [-0.15, -0.1) is 0 Å². The molecule has 3 aromatic rings. The molecular weight excluding hydrogens is 527 g/mol. The normalized spacial score (nSPS) is 18.6. The Morgan fingerprint density at radius 2 is 1.61 bits per heavy atom. The number of carboxylic acid groups (broad SMARTS) is 1. The third kappa shape index (κ3) is 4.89. The second kappa shape index (κ2) is 10.6. The van der Waals surface area contributed by atoms with Crippen LogP contribution in [0.1, 0.15) is 16.7 Å². The third-order valence-corrected chi connectivity index (χ3v) is 7.63. The number of nitrogens with one attached hydrogen (secondary N) is 2. The quantitative estimate of drug-likeness (QED) is 0.411. The molecule has 1 fully saturated rings. The number of fused-ring (bicyclic) bond motifs is 1. The zero-order valence-electron chi connectivity index (χ0n) is 20.4. The van der Waals surface area contributed by atoms with E-state index in [0.717, 1.165) is 16.7 Å². The molecule has 196 valence electrons. The lowest BCUT2D eigenvalue weighted by Gasteiger charge is -2.34. The first-order valence-electron chi connectivity index (χ1n) is 12.2. The number of hydrogen-bond acceptors (Lipinski definition) is 4. The Kier molecular flexibility index (Phi) is 7.19. The molecule has 2 aliphatic rings. The predicted octanol–water partition coefficient (Wildman–Crippen LogP) is 4.71. The predicted molar refractivity (Wildman–Crippen MR) is 147 cm³/mol. The molecule has 1 unspecified atom stereocenters. The monoisotopic (exact) mass is 552 g/mol.